The second-order valence-corrected chi connectivity index (χ2v) is 21.8. The lowest BCUT2D eigenvalue weighted by Gasteiger charge is -2.38. The molecule has 0 bridgehead atoms. The fourth-order valence-electron chi connectivity index (χ4n) is 10.6. The summed E-state index contributed by atoms with van der Waals surface area (Å²) in [4.78, 5) is 98.6. The molecule has 6 fully saturated rings. The molecule has 416 valence electrons. The summed E-state index contributed by atoms with van der Waals surface area (Å²) in [7, 11) is 0. The van der Waals surface area contributed by atoms with Gasteiger partial charge in [-0.1, -0.05) is 79.1 Å². The Kier molecular flexibility index (Phi) is 26.0. The lowest BCUT2D eigenvalue weighted by Crippen LogP contribution is -2.57. The van der Waals surface area contributed by atoms with E-state index in [4.69, 9.17) is 24.7 Å². The molecule has 0 aromatic carbocycles. The Labute approximate surface area is 431 Å². The molecule has 73 heavy (non-hydrogen) atoms. The van der Waals surface area contributed by atoms with Crippen LogP contribution in [0.4, 0.5) is 9.59 Å². The molecule has 4 aliphatic heterocycles. The summed E-state index contributed by atoms with van der Waals surface area (Å²) in [6.45, 7) is 11.0. The van der Waals surface area contributed by atoms with E-state index < -0.39 is 65.1 Å². The molecule has 2 aliphatic carbocycles. The first-order chi connectivity index (χ1) is 34.8. The van der Waals surface area contributed by atoms with E-state index in [-0.39, 0.29) is 72.6 Å². The van der Waals surface area contributed by atoms with Crippen molar-refractivity contribution in [2.24, 2.45) is 35.3 Å². The van der Waals surface area contributed by atoms with Crippen LogP contribution < -0.4 is 27.0 Å². The molecule has 20 nitrogen and oxygen atoms in total. The van der Waals surface area contributed by atoms with E-state index >= 15 is 0 Å². The highest BCUT2D eigenvalue weighted by Crippen LogP contribution is 2.34. The Morgan fingerprint density at radius 1 is 0.603 bits per heavy atom. The molecule has 4 heterocycles. The number of aliphatic hydroxyl groups is 2. The monoisotopic (exact) mass is 1040 g/mol. The van der Waals surface area contributed by atoms with Crippen LogP contribution >= 0.6 is 0 Å². The van der Waals surface area contributed by atoms with Crippen LogP contribution in [-0.4, -0.2) is 144 Å². The van der Waals surface area contributed by atoms with E-state index in [0.29, 0.717) is 104 Å². The van der Waals surface area contributed by atoms with E-state index in [1.807, 2.05) is 27.7 Å². The molecule has 0 radical (unpaired) electrons. The van der Waals surface area contributed by atoms with Gasteiger partial charge in [0, 0.05) is 81.8 Å². The third kappa shape index (κ3) is 19.8. The van der Waals surface area contributed by atoms with E-state index in [2.05, 4.69) is 21.3 Å². The lowest BCUT2D eigenvalue weighted by atomic mass is 9.73. The van der Waals surface area contributed by atoms with Crippen molar-refractivity contribution in [3.8, 4) is 0 Å². The van der Waals surface area contributed by atoms with Gasteiger partial charge >= 0.3 is 18.2 Å². The van der Waals surface area contributed by atoms with Crippen molar-refractivity contribution in [2.45, 2.75) is 217 Å². The highest BCUT2D eigenvalue weighted by molar-refractivity contribution is 5.94. The average Bonchev–Trinajstić information content (AvgIpc) is 3.71. The molecule has 0 aromatic rings. The smallest absolute Gasteiger partial charge is 0.408 e. The Morgan fingerprint density at radius 3 is 1.42 bits per heavy atom. The number of hydrogen-bond acceptors (Lipinski definition) is 15. The van der Waals surface area contributed by atoms with E-state index in [9.17, 15) is 53.7 Å². The summed E-state index contributed by atoms with van der Waals surface area (Å²) in [5, 5.41) is 41.3. The first-order valence-electron chi connectivity index (χ1n) is 27.4. The van der Waals surface area contributed by atoms with Gasteiger partial charge < -0.3 is 61.3 Å². The quantitative estimate of drug-likeness (QED) is 0.0901. The number of ketones is 3. The zero-order valence-electron chi connectivity index (χ0n) is 44.1. The molecule has 6 atom stereocenters. The van der Waals surface area contributed by atoms with Crippen LogP contribution in [-0.2, 0) is 47.7 Å². The number of nitrogens with two attached hydrogens (primary N) is 1. The van der Waals surface area contributed by atoms with Gasteiger partial charge in [0.15, 0.2) is 17.3 Å². The number of Topliss-reactive ketones (excluding diaryl/α,β-unsaturated/α-hetero) is 3. The molecule has 0 spiro atoms. The number of ether oxygens (including phenoxy) is 4. The van der Waals surface area contributed by atoms with Crippen LogP contribution in [0.1, 0.15) is 175 Å². The zero-order chi connectivity index (χ0) is 53.6. The highest BCUT2D eigenvalue weighted by atomic mass is 16.6. The van der Waals surface area contributed by atoms with E-state index in [0.717, 1.165) is 64.2 Å². The van der Waals surface area contributed by atoms with Crippen LogP contribution in [0.15, 0.2) is 0 Å². The number of carbonyl (C=O) groups excluding carboxylic acids is 7. The average molecular weight is 1040 g/mol. The largest absolute Gasteiger partial charge is 0.480 e. The topological polar surface area (TPSA) is 308 Å². The van der Waals surface area contributed by atoms with Crippen molar-refractivity contribution in [2.75, 3.05) is 39.5 Å². The maximum atomic E-state index is 13.7. The maximum absolute atomic E-state index is 13.7. The van der Waals surface area contributed by atoms with Crippen molar-refractivity contribution in [3.05, 3.63) is 0 Å². The number of nitrogens with one attached hydrogen (secondary N) is 4. The van der Waals surface area contributed by atoms with Crippen LogP contribution in [0.3, 0.4) is 0 Å². The van der Waals surface area contributed by atoms with Gasteiger partial charge in [0.2, 0.25) is 11.8 Å². The molecule has 2 saturated carbocycles. The normalized spacial score (nSPS) is 24.3. The first kappa shape index (κ1) is 61.3. The van der Waals surface area contributed by atoms with Crippen LogP contribution in [0.2, 0.25) is 0 Å². The van der Waals surface area contributed by atoms with E-state index in [1.54, 1.807) is 0 Å². The molecule has 4 amide bonds. The van der Waals surface area contributed by atoms with Gasteiger partial charge in [-0.2, -0.15) is 0 Å². The molecule has 20 heteroatoms. The maximum Gasteiger partial charge on any atom is 0.408 e. The second kappa shape index (κ2) is 31.0. The summed E-state index contributed by atoms with van der Waals surface area (Å²) in [5.74, 6) is -3.50. The lowest BCUT2D eigenvalue weighted by molar-refractivity contribution is -0.146. The third-order valence-electron chi connectivity index (χ3n) is 15.6. The molecule has 6 rings (SSSR count). The Balaban J connectivity index is 0.000000262. The number of hydrogen-bond donors (Lipinski definition) is 8. The number of carboxylic acid groups (broad SMARTS) is 1. The summed E-state index contributed by atoms with van der Waals surface area (Å²) in [6.07, 6.45) is 10.8. The summed E-state index contributed by atoms with van der Waals surface area (Å²) >= 11 is 0. The minimum absolute atomic E-state index is 0.0149. The number of carboxylic acids is 1. The standard InChI is InChI=1S/C27H44N2O7.C13H24N2O3.C13H21NO5/c1-18(2)21(24(32)22(30)16-19-8-4-7-13-28-25(19)33)17-23(31)27(11-5-3-6-12-27)29-26(34)36-20-9-14-35-15-10-20;1-8(2)11(14)12(17)10(16)7-9-5-3-4-6-15-13(9)18;15-11(16)13(6-2-1-3-7-13)14-12(17)19-10-4-8-18-9-5-10/h18-21,24,32H,3-17H2,1-2H3,(H,28,33)(H,29,34);8-9,11-12,17H,3-7,14H2,1-2H3,(H,15,18);10H,1-9H2,(H,14,17)(H,15,16)/t19-,21+,24+;9-,11+,12-;/m11./s1. The fourth-order valence-corrected chi connectivity index (χ4v) is 10.6. The molecular formula is C53H89N5O15. The number of rotatable bonds is 18. The van der Waals surface area contributed by atoms with Crippen molar-refractivity contribution >= 4 is 47.3 Å². The fraction of sp³-hybridized carbons (Fsp3) is 0.849. The van der Waals surface area contributed by atoms with Crippen LogP contribution in [0, 0.1) is 29.6 Å². The van der Waals surface area contributed by atoms with Crippen molar-refractivity contribution in [1.82, 2.24) is 21.3 Å². The third-order valence-corrected chi connectivity index (χ3v) is 15.6. The number of aliphatic carboxylic acids is 1. The highest BCUT2D eigenvalue weighted by Gasteiger charge is 2.45. The number of carbonyl (C=O) groups is 8. The van der Waals surface area contributed by atoms with Crippen LogP contribution in [0.5, 0.6) is 0 Å². The Morgan fingerprint density at radius 2 is 1.01 bits per heavy atom. The molecule has 0 unspecified atom stereocenters. The number of amides is 4. The molecule has 0 aromatic heterocycles. The summed E-state index contributed by atoms with van der Waals surface area (Å²) in [5.41, 5.74) is 3.58. The van der Waals surface area contributed by atoms with Crippen molar-refractivity contribution in [1.29, 1.82) is 0 Å². The van der Waals surface area contributed by atoms with Gasteiger partial charge in [0.25, 0.3) is 0 Å². The number of aliphatic hydroxyl groups excluding tert-OH is 2. The molecular weight excluding hydrogens is 947 g/mol. The van der Waals surface area contributed by atoms with Gasteiger partial charge in [0.1, 0.15) is 35.5 Å². The van der Waals surface area contributed by atoms with Gasteiger partial charge in [-0.3, -0.25) is 24.0 Å². The Hall–Kier alpha value is -4.24. The predicted molar refractivity (Wildman–Crippen MR) is 269 cm³/mol. The first-order valence-corrected chi connectivity index (χ1v) is 27.4. The second-order valence-electron chi connectivity index (χ2n) is 21.8. The zero-order valence-corrected chi connectivity index (χ0v) is 44.1. The minimum Gasteiger partial charge on any atom is -0.480 e. The van der Waals surface area contributed by atoms with E-state index in [1.165, 1.54) is 0 Å². The van der Waals surface area contributed by atoms with Crippen molar-refractivity contribution in [3.63, 3.8) is 0 Å². The Bertz CT molecular complexity index is 1790. The molecule has 9 N–H and O–H groups in total. The summed E-state index contributed by atoms with van der Waals surface area (Å²) < 4.78 is 21.4. The SMILES string of the molecule is CC(C)[C@H](CC(=O)C1(NC(=O)OC2CCOCC2)CCCCC1)[C@H](O)C(=O)C[C@H]1CCCCNC1=O.CC(C)[C@H](N)[C@H](O)C(=O)C[C@H]1CCCCNC1=O.O=C(NC1(C(=O)O)CCCCC1)OC1CCOCC1. The van der Waals surface area contributed by atoms with Gasteiger partial charge in [-0.15, -0.1) is 0 Å². The summed E-state index contributed by atoms with van der Waals surface area (Å²) in [6, 6.07) is -0.564. The van der Waals surface area contributed by atoms with Gasteiger partial charge in [0.05, 0.1) is 26.4 Å². The van der Waals surface area contributed by atoms with Crippen LogP contribution in [0.25, 0.3) is 0 Å². The van der Waals surface area contributed by atoms with Crippen molar-refractivity contribution < 1.29 is 72.6 Å². The molecule has 4 saturated heterocycles. The minimum atomic E-state index is -1.33. The number of alkyl carbamates (subject to hydrolysis) is 2. The van der Waals surface area contributed by atoms with Gasteiger partial charge in [-0.25, -0.2) is 14.4 Å². The van der Waals surface area contributed by atoms with Gasteiger partial charge in [-0.05, 0) is 63.2 Å². The molecule has 6 aliphatic rings. The predicted octanol–water partition coefficient (Wildman–Crippen LogP) is 4.95.